The summed E-state index contributed by atoms with van der Waals surface area (Å²) in [5, 5.41) is 12.3. The van der Waals surface area contributed by atoms with Gasteiger partial charge in [-0.05, 0) is 49.9 Å². The van der Waals surface area contributed by atoms with Crippen LogP contribution in [0.25, 0.3) is 0 Å². The second-order valence-electron chi connectivity index (χ2n) is 7.16. The molecular formula is C24H29N3O. The van der Waals surface area contributed by atoms with E-state index in [-0.39, 0.29) is 17.5 Å². The molecule has 1 N–H and O–H groups in total. The van der Waals surface area contributed by atoms with Crippen LogP contribution in [-0.4, -0.2) is 16.8 Å². The molecule has 0 unspecified atom stereocenters. The van der Waals surface area contributed by atoms with Gasteiger partial charge in [0.25, 0.3) is 5.91 Å². The molecule has 0 bridgehead atoms. The summed E-state index contributed by atoms with van der Waals surface area (Å²) in [6, 6.07) is 20.1. The Kier molecular flexibility index (Phi) is 8.30. The fourth-order valence-corrected chi connectivity index (χ4v) is 2.81. The van der Waals surface area contributed by atoms with Gasteiger partial charge in [0, 0.05) is 24.5 Å². The standard InChI is InChI=1S/C24H29N3O/c1-4-5-9-20-12-14-23(15-13-20)26-24(28)22(16-25)18-27(19(2)3)17-21-10-7-6-8-11-21/h6-8,10-15,18-19H,4-5,9,17H2,1-3H3,(H,26,28)/b22-18-. The van der Waals surface area contributed by atoms with Crippen molar-refractivity contribution in [3.63, 3.8) is 0 Å². The number of carbonyl (C=O) groups is 1. The number of rotatable bonds is 9. The van der Waals surface area contributed by atoms with Crippen LogP contribution in [-0.2, 0) is 17.8 Å². The van der Waals surface area contributed by atoms with Crippen LogP contribution in [0.3, 0.4) is 0 Å². The minimum atomic E-state index is -0.387. The Bertz CT molecular complexity index is 817. The number of carbonyl (C=O) groups excluding carboxylic acids is 1. The summed E-state index contributed by atoms with van der Waals surface area (Å²) < 4.78 is 0. The van der Waals surface area contributed by atoms with E-state index >= 15 is 0 Å². The minimum absolute atomic E-state index is 0.0969. The van der Waals surface area contributed by atoms with Crippen LogP contribution in [0.1, 0.15) is 44.7 Å². The highest BCUT2D eigenvalue weighted by atomic mass is 16.1. The Morgan fingerprint density at radius 1 is 1.11 bits per heavy atom. The lowest BCUT2D eigenvalue weighted by atomic mass is 10.1. The van der Waals surface area contributed by atoms with Gasteiger partial charge in [-0.1, -0.05) is 55.8 Å². The maximum absolute atomic E-state index is 12.6. The summed E-state index contributed by atoms with van der Waals surface area (Å²) in [5.74, 6) is -0.387. The number of aryl methyl sites for hydroxylation is 1. The molecule has 2 aromatic carbocycles. The van der Waals surface area contributed by atoms with E-state index in [0.29, 0.717) is 12.2 Å². The molecule has 0 fully saturated rings. The van der Waals surface area contributed by atoms with Crippen molar-refractivity contribution >= 4 is 11.6 Å². The minimum Gasteiger partial charge on any atom is -0.369 e. The van der Waals surface area contributed by atoms with E-state index < -0.39 is 0 Å². The van der Waals surface area contributed by atoms with Crippen molar-refractivity contribution in [2.45, 2.75) is 52.6 Å². The van der Waals surface area contributed by atoms with E-state index in [1.54, 1.807) is 6.20 Å². The molecule has 146 valence electrons. The average Bonchev–Trinajstić information content (AvgIpc) is 2.71. The number of nitrogens with one attached hydrogen (secondary N) is 1. The van der Waals surface area contributed by atoms with Gasteiger partial charge >= 0.3 is 0 Å². The number of hydrogen-bond donors (Lipinski definition) is 1. The molecule has 0 saturated carbocycles. The summed E-state index contributed by atoms with van der Waals surface area (Å²) >= 11 is 0. The van der Waals surface area contributed by atoms with Crippen molar-refractivity contribution in [3.8, 4) is 6.07 Å². The molecule has 4 nitrogen and oxygen atoms in total. The summed E-state index contributed by atoms with van der Waals surface area (Å²) in [7, 11) is 0. The molecule has 0 saturated heterocycles. The zero-order valence-electron chi connectivity index (χ0n) is 17.0. The molecule has 0 radical (unpaired) electrons. The van der Waals surface area contributed by atoms with Gasteiger partial charge in [0.05, 0.1) is 0 Å². The van der Waals surface area contributed by atoms with Crippen molar-refractivity contribution in [2.24, 2.45) is 0 Å². The third-order valence-electron chi connectivity index (χ3n) is 4.56. The van der Waals surface area contributed by atoms with E-state index in [2.05, 4.69) is 12.2 Å². The van der Waals surface area contributed by atoms with Crippen molar-refractivity contribution in [1.29, 1.82) is 5.26 Å². The zero-order chi connectivity index (χ0) is 20.4. The van der Waals surface area contributed by atoms with Gasteiger partial charge in [-0.3, -0.25) is 4.79 Å². The smallest absolute Gasteiger partial charge is 0.267 e. The molecule has 0 aliphatic carbocycles. The number of unbranched alkanes of at least 4 members (excludes halogenated alkanes) is 1. The van der Waals surface area contributed by atoms with E-state index in [9.17, 15) is 10.1 Å². The molecule has 0 atom stereocenters. The second-order valence-corrected chi connectivity index (χ2v) is 7.16. The lowest BCUT2D eigenvalue weighted by Crippen LogP contribution is -2.27. The molecule has 0 aliphatic rings. The number of benzene rings is 2. The molecule has 1 amide bonds. The van der Waals surface area contributed by atoms with Crippen molar-refractivity contribution in [3.05, 3.63) is 77.5 Å². The molecule has 0 spiro atoms. The Morgan fingerprint density at radius 3 is 2.36 bits per heavy atom. The molecule has 28 heavy (non-hydrogen) atoms. The van der Waals surface area contributed by atoms with E-state index in [1.165, 1.54) is 5.56 Å². The first-order valence-electron chi connectivity index (χ1n) is 9.85. The molecule has 0 heterocycles. The van der Waals surface area contributed by atoms with Crippen LogP contribution in [0.4, 0.5) is 5.69 Å². The predicted molar refractivity (Wildman–Crippen MR) is 115 cm³/mol. The Balaban J connectivity index is 2.08. The highest BCUT2D eigenvalue weighted by Crippen LogP contribution is 2.15. The van der Waals surface area contributed by atoms with Gasteiger partial charge < -0.3 is 10.2 Å². The summed E-state index contributed by atoms with van der Waals surface area (Å²) in [6.07, 6.45) is 5.00. The third kappa shape index (κ3) is 6.59. The quantitative estimate of drug-likeness (QED) is 0.479. The van der Waals surface area contributed by atoms with Gasteiger partial charge in [0.15, 0.2) is 0 Å². The van der Waals surface area contributed by atoms with Crippen molar-refractivity contribution < 1.29 is 4.79 Å². The average molecular weight is 376 g/mol. The Labute approximate surface area is 168 Å². The normalized spacial score (nSPS) is 11.2. The van der Waals surface area contributed by atoms with E-state index in [0.717, 1.165) is 24.8 Å². The molecule has 2 aromatic rings. The van der Waals surface area contributed by atoms with Crippen molar-refractivity contribution in [2.75, 3.05) is 5.32 Å². The SMILES string of the molecule is CCCCc1ccc(NC(=O)/C(C#N)=C\N(Cc2ccccc2)C(C)C)cc1. The fraction of sp³-hybridized carbons (Fsp3) is 0.333. The predicted octanol–water partition coefficient (Wildman–Crippen LogP) is 5.29. The summed E-state index contributed by atoms with van der Waals surface area (Å²) in [6.45, 7) is 6.90. The van der Waals surface area contributed by atoms with Crippen LogP contribution in [0.15, 0.2) is 66.4 Å². The van der Waals surface area contributed by atoms with Gasteiger partial charge in [-0.2, -0.15) is 5.26 Å². The number of nitrogens with zero attached hydrogens (tertiary/aromatic N) is 2. The van der Waals surface area contributed by atoms with Gasteiger partial charge in [-0.25, -0.2) is 0 Å². The molecule has 0 aromatic heterocycles. The highest BCUT2D eigenvalue weighted by molar-refractivity contribution is 6.06. The largest absolute Gasteiger partial charge is 0.369 e. The first-order valence-corrected chi connectivity index (χ1v) is 9.85. The van der Waals surface area contributed by atoms with Crippen LogP contribution in [0.5, 0.6) is 0 Å². The van der Waals surface area contributed by atoms with Crippen LogP contribution < -0.4 is 5.32 Å². The van der Waals surface area contributed by atoms with Crippen molar-refractivity contribution in [1.82, 2.24) is 4.90 Å². The number of amides is 1. The molecule has 0 aliphatic heterocycles. The number of anilines is 1. The Hall–Kier alpha value is -3.06. The molecule has 4 heteroatoms. The summed E-state index contributed by atoms with van der Waals surface area (Å²) in [4.78, 5) is 14.6. The third-order valence-corrected chi connectivity index (χ3v) is 4.56. The maximum Gasteiger partial charge on any atom is 0.267 e. The molecular weight excluding hydrogens is 346 g/mol. The Morgan fingerprint density at radius 2 is 1.79 bits per heavy atom. The fourth-order valence-electron chi connectivity index (χ4n) is 2.81. The number of hydrogen-bond acceptors (Lipinski definition) is 3. The maximum atomic E-state index is 12.6. The highest BCUT2D eigenvalue weighted by Gasteiger charge is 2.14. The van der Waals surface area contributed by atoms with Crippen LogP contribution >= 0.6 is 0 Å². The van der Waals surface area contributed by atoms with Gasteiger partial charge in [0.2, 0.25) is 0 Å². The van der Waals surface area contributed by atoms with Crippen LogP contribution in [0.2, 0.25) is 0 Å². The lowest BCUT2D eigenvalue weighted by molar-refractivity contribution is -0.112. The van der Waals surface area contributed by atoms with Gasteiger partial charge in [0.1, 0.15) is 11.6 Å². The van der Waals surface area contributed by atoms with E-state index in [1.807, 2.05) is 79.4 Å². The summed E-state index contributed by atoms with van der Waals surface area (Å²) in [5.41, 5.74) is 3.18. The monoisotopic (exact) mass is 375 g/mol. The first-order chi connectivity index (χ1) is 13.5. The zero-order valence-corrected chi connectivity index (χ0v) is 17.0. The van der Waals surface area contributed by atoms with E-state index in [4.69, 9.17) is 0 Å². The first kappa shape index (κ1) is 21.2. The topological polar surface area (TPSA) is 56.1 Å². The second kappa shape index (κ2) is 10.9. The van der Waals surface area contributed by atoms with Gasteiger partial charge in [-0.15, -0.1) is 0 Å². The van der Waals surface area contributed by atoms with Crippen LogP contribution in [0, 0.1) is 11.3 Å². The number of nitriles is 1. The lowest BCUT2D eigenvalue weighted by Gasteiger charge is -2.25. The molecule has 2 rings (SSSR count).